The van der Waals surface area contributed by atoms with Crippen molar-refractivity contribution in [3.63, 3.8) is 0 Å². The first kappa shape index (κ1) is 12.0. The Balaban J connectivity index is 2.09. The molecule has 1 saturated carbocycles. The summed E-state index contributed by atoms with van der Waals surface area (Å²) < 4.78 is 14.2. The molecule has 0 saturated heterocycles. The Morgan fingerprint density at radius 3 is 2.84 bits per heavy atom. The number of nitrogens with two attached hydrogens (primary N) is 1. The topological polar surface area (TPSA) is 110 Å². The maximum atomic E-state index is 12.6. The number of hydrogen-bond acceptors (Lipinski definition) is 6. The minimum Gasteiger partial charge on any atom is -0.388 e. The van der Waals surface area contributed by atoms with Crippen LogP contribution in [0.25, 0.3) is 11.2 Å². The van der Waals surface area contributed by atoms with Gasteiger partial charge in [0.15, 0.2) is 11.5 Å². The molecule has 0 unspecified atom stereocenters. The van der Waals surface area contributed by atoms with Crippen molar-refractivity contribution in [2.75, 3.05) is 5.73 Å². The van der Waals surface area contributed by atoms with Crippen LogP contribution in [0.2, 0.25) is 0 Å². The monoisotopic (exact) mass is 265 g/mol. The van der Waals surface area contributed by atoms with Crippen LogP contribution in [0, 0.1) is 0 Å². The van der Waals surface area contributed by atoms with Gasteiger partial charge in [-0.2, -0.15) is 0 Å². The highest BCUT2D eigenvalue weighted by Crippen LogP contribution is 2.36. The van der Waals surface area contributed by atoms with E-state index in [1.807, 2.05) is 0 Å². The van der Waals surface area contributed by atoms with Crippen LogP contribution < -0.4 is 5.73 Å². The molecule has 100 valence electrons. The number of halogens is 1. The fourth-order valence-corrected chi connectivity index (χ4v) is 2.40. The molecule has 2 aromatic heterocycles. The number of hydrogen-bond donors (Lipinski definition) is 3. The molecule has 3 atom stereocenters. The van der Waals surface area contributed by atoms with Crippen LogP contribution in [0.4, 0.5) is 10.2 Å². The van der Waals surface area contributed by atoms with Gasteiger partial charge in [-0.3, -0.25) is 0 Å². The van der Waals surface area contributed by atoms with Gasteiger partial charge >= 0.3 is 0 Å². The Bertz CT molecular complexity index is 656. The van der Waals surface area contributed by atoms with Crippen LogP contribution in [0.15, 0.2) is 24.6 Å². The zero-order valence-corrected chi connectivity index (χ0v) is 9.81. The number of nitrogens with zero attached hydrogens (tertiary/aromatic N) is 4. The van der Waals surface area contributed by atoms with E-state index in [4.69, 9.17) is 5.73 Å². The lowest BCUT2D eigenvalue weighted by Crippen LogP contribution is -2.27. The summed E-state index contributed by atoms with van der Waals surface area (Å²) in [5.41, 5.74) is 6.69. The van der Waals surface area contributed by atoms with Gasteiger partial charge in [-0.05, 0) is 12.0 Å². The minimum atomic E-state index is -1.22. The molecule has 0 amide bonds. The summed E-state index contributed by atoms with van der Waals surface area (Å²) in [6, 6.07) is -0.531. The molecular formula is C11H12FN5O2. The van der Waals surface area contributed by atoms with Gasteiger partial charge in [0.25, 0.3) is 0 Å². The Morgan fingerprint density at radius 2 is 2.16 bits per heavy atom. The van der Waals surface area contributed by atoms with Crippen molar-refractivity contribution < 1.29 is 14.6 Å². The van der Waals surface area contributed by atoms with Crippen LogP contribution in [0.1, 0.15) is 12.5 Å². The van der Waals surface area contributed by atoms with E-state index in [2.05, 4.69) is 15.0 Å². The average molecular weight is 265 g/mol. The van der Waals surface area contributed by atoms with E-state index in [-0.39, 0.29) is 17.8 Å². The molecule has 0 radical (unpaired) electrons. The molecule has 19 heavy (non-hydrogen) atoms. The molecule has 4 N–H and O–H groups in total. The number of aromatic nitrogens is 4. The van der Waals surface area contributed by atoms with E-state index in [1.165, 1.54) is 12.7 Å². The van der Waals surface area contributed by atoms with E-state index in [1.54, 1.807) is 4.57 Å². The highest BCUT2D eigenvalue weighted by Gasteiger charge is 2.39. The van der Waals surface area contributed by atoms with Crippen molar-refractivity contribution in [1.29, 1.82) is 0 Å². The van der Waals surface area contributed by atoms with E-state index >= 15 is 0 Å². The lowest BCUT2D eigenvalue weighted by Gasteiger charge is -2.17. The molecule has 7 nitrogen and oxygen atoms in total. The second-order valence-corrected chi connectivity index (χ2v) is 4.47. The SMILES string of the molecule is Nc1ncnc2c1ncn2[C@@H]1C/C(=C\F)[C@@H](O)[C@H]1O. The van der Waals surface area contributed by atoms with Gasteiger partial charge in [0.1, 0.15) is 24.1 Å². The fraction of sp³-hybridized carbons (Fsp3) is 0.364. The predicted octanol–water partition coefficient (Wildman–Crippen LogP) is -0.0715. The van der Waals surface area contributed by atoms with E-state index in [9.17, 15) is 14.6 Å². The van der Waals surface area contributed by atoms with Gasteiger partial charge in [0.2, 0.25) is 0 Å². The first-order valence-corrected chi connectivity index (χ1v) is 5.71. The molecule has 0 bridgehead atoms. The Labute approximate surface area is 107 Å². The van der Waals surface area contributed by atoms with Gasteiger partial charge in [-0.1, -0.05) is 0 Å². The molecule has 8 heteroatoms. The maximum absolute atomic E-state index is 12.6. The molecule has 2 aromatic rings. The molecule has 0 spiro atoms. The zero-order chi connectivity index (χ0) is 13.6. The van der Waals surface area contributed by atoms with Crippen molar-refractivity contribution in [2.45, 2.75) is 24.7 Å². The second-order valence-electron chi connectivity index (χ2n) is 4.47. The Kier molecular flexibility index (Phi) is 2.68. The standard InChI is InChI=1S/C11H12FN5O2/c12-2-5-1-6(9(19)8(5)18)17-4-16-7-10(13)14-3-15-11(7)17/h2-4,6,8-9,18-19H,1H2,(H2,13,14,15)/b5-2+/t6-,8-,9+/m1/s1. The largest absolute Gasteiger partial charge is 0.388 e. The van der Waals surface area contributed by atoms with Crippen molar-refractivity contribution in [1.82, 2.24) is 19.5 Å². The van der Waals surface area contributed by atoms with Crippen LogP contribution in [0.5, 0.6) is 0 Å². The number of aliphatic hydroxyl groups excluding tert-OH is 2. The summed E-state index contributed by atoms with van der Waals surface area (Å²) in [6.07, 6.45) is 0.934. The minimum absolute atomic E-state index is 0.154. The van der Waals surface area contributed by atoms with Crippen LogP contribution in [-0.4, -0.2) is 41.9 Å². The maximum Gasteiger partial charge on any atom is 0.165 e. The van der Waals surface area contributed by atoms with Crippen molar-refractivity contribution in [3.8, 4) is 0 Å². The number of anilines is 1. The van der Waals surface area contributed by atoms with Gasteiger partial charge in [-0.15, -0.1) is 0 Å². The van der Waals surface area contributed by atoms with Gasteiger partial charge in [0.05, 0.1) is 18.7 Å². The van der Waals surface area contributed by atoms with E-state index in [0.717, 1.165) is 0 Å². The highest BCUT2D eigenvalue weighted by atomic mass is 19.1. The molecule has 2 heterocycles. The summed E-state index contributed by atoms with van der Waals surface area (Å²) in [7, 11) is 0. The van der Waals surface area contributed by atoms with Gasteiger partial charge in [-0.25, -0.2) is 19.3 Å². The molecule has 0 aromatic carbocycles. The number of fused-ring (bicyclic) bond motifs is 1. The van der Waals surface area contributed by atoms with E-state index in [0.29, 0.717) is 17.5 Å². The number of aliphatic hydroxyl groups is 2. The lowest BCUT2D eigenvalue weighted by atomic mass is 10.2. The predicted molar refractivity (Wildman–Crippen MR) is 64.6 cm³/mol. The van der Waals surface area contributed by atoms with Crippen LogP contribution in [0.3, 0.4) is 0 Å². The third kappa shape index (κ3) is 1.68. The third-order valence-corrected chi connectivity index (χ3v) is 3.43. The third-order valence-electron chi connectivity index (χ3n) is 3.43. The van der Waals surface area contributed by atoms with Gasteiger partial charge < -0.3 is 20.5 Å². The zero-order valence-electron chi connectivity index (χ0n) is 9.81. The van der Waals surface area contributed by atoms with Crippen LogP contribution in [-0.2, 0) is 0 Å². The van der Waals surface area contributed by atoms with Crippen molar-refractivity contribution in [3.05, 3.63) is 24.6 Å². The molecule has 1 aliphatic rings. The van der Waals surface area contributed by atoms with Gasteiger partial charge in [0, 0.05) is 0 Å². The molecule has 0 aliphatic heterocycles. The van der Waals surface area contributed by atoms with Crippen LogP contribution >= 0.6 is 0 Å². The van der Waals surface area contributed by atoms with Crippen molar-refractivity contribution >= 4 is 17.0 Å². The fourth-order valence-electron chi connectivity index (χ4n) is 2.40. The molecule has 1 aliphatic carbocycles. The number of imidazole rings is 1. The first-order chi connectivity index (χ1) is 9.13. The normalized spacial score (nSPS) is 29.4. The highest BCUT2D eigenvalue weighted by molar-refractivity contribution is 5.81. The Morgan fingerprint density at radius 1 is 1.37 bits per heavy atom. The molecular weight excluding hydrogens is 253 g/mol. The molecule has 3 rings (SSSR count). The summed E-state index contributed by atoms with van der Waals surface area (Å²) in [5.74, 6) is 0.234. The summed E-state index contributed by atoms with van der Waals surface area (Å²) in [5, 5.41) is 19.7. The lowest BCUT2D eigenvalue weighted by molar-refractivity contribution is 0.0356. The summed E-state index contributed by atoms with van der Waals surface area (Å²) >= 11 is 0. The first-order valence-electron chi connectivity index (χ1n) is 5.71. The summed E-state index contributed by atoms with van der Waals surface area (Å²) in [6.45, 7) is 0. The smallest absolute Gasteiger partial charge is 0.165 e. The van der Waals surface area contributed by atoms with E-state index < -0.39 is 18.2 Å². The Hall–Kier alpha value is -2.06. The average Bonchev–Trinajstić information content (AvgIpc) is 2.94. The van der Waals surface area contributed by atoms with Crippen molar-refractivity contribution in [2.24, 2.45) is 0 Å². The summed E-state index contributed by atoms with van der Waals surface area (Å²) in [4.78, 5) is 12.0. The number of nitrogen functional groups attached to an aromatic ring is 1. The second kappa shape index (κ2) is 4.25. The molecule has 1 fully saturated rings. The number of rotatable bonds is 1. The quantitative estimate of drug-likeness (QED) is 0.665.